The van der Waals surface area contributed by atoms with E-state index in [1.165, 1.54) is 58.0 Å². The molecule has 5 aliphatic rings. The highest BCUT2D eigenvalue weighted by molar-refractivity contribution is 6.05. The van der Waals surface area contributed by atoms with Crippen molar-refractivity contribution in [3.63, 3.8) is 0 Å². The summed E-state index contributed by atoms with van der Waals surface area (Å²) >= 11 is 0. The average molecular weight is 452 g/mol. The minimum atomic E-state index is -0.580. The number of carbonyl (C=O) groups excluding carboxylic acids is 3. The number of amides is 3. The minimum Gasteiger partial charge on any atom is -0.489 e. The van der Waals surface area contributed by atoms with Gasteiger partial charge in [-0.2, -0.15) is 0 Å². The number of ether oxygens (including phenoxy) is 1. The monoisotopic (exact) mass is 451 g/mol. The van der Waals surface area contributed by atoms with Crippen molar-refractivity contribution in [3.05, 3.63) is 29.3 Å². The highest BCUT2D eigenvalue weighted by Crippen LogP contribution is 2.48. The Morgan fingerprint density at radius 1 is 1.00 bits per heavy atom. The van der Waals surface area contributed by atoms with Gasteiger partial charge in [0.1, 0.15) is 17.9 Å². The van der Waals surface area contributed by atoms with E-state index in [2.05, 4.69) is 10.2 Å². The predicted octanol–water partition coefficient (Wildman–Crippen LogP) is 3.01. The van der Waals surface area contributed by atoms with Gasteiger partial charge in [0.05, 0.1) is 0 Å². The Morgan fingerprint density at radius 2 is 1.85 bits per heavy atom. The van der Waals surface area contributed by atoms with E-state index in [9.17, 15) is 14.4 Å². The van der Waals surface area contributed by atoms with Gasteiger partial charge < -0.3 is 9.64 Å². The van der Waals surface area contributed by atoms with Crippen molar-refractivity contribution in [1.82, 2.24) is 15.1 Å². The first-order valence-electron chi connectivity index (χ1n) is 12.7. The lowest BCUT2D eigenvalue weighted by Gasteiger charge is -2.51. The van der Waals surface area contributed by atoms with Gasteiger partial charge in [-0.05, 0) is 87.1 Å². The zero-order valence-electron chi connectivity index (χ0n) is 19.2. The van der Waals surface area contributed by atoms with Gasteiger partial charge in [0.15, 0.2) is 0 Å². The van der Waals surface area contributed by atoms with Gasteiger partial charge in [-0.15, -0.1) is 0 Å². The van der Waals surface area contributed by atoms with Gasteiger partial charge in [0, 0.05) is 31.1 Å². The van der Waals surface area contributed by atoms with Crippen LogP contribution in [-0.4, -0.2) is 58.8 Å². The first-order chi connectivity index (χ1) is 16.0. The van der Waals surface area contributed by atoms with Crippen molar-refractivity contribution in [2.45, 2.75) is 88.9 Å². The molecular weight excluding hydrogens is 418 g/mol. The van der Waals surface area contributed by atoms with Gasteiger partial charge in [0.25, 0.3) is 5.91 Å². The zero-order valence-corrected chi connectivity index (χ0v) is 19.2. The molecule has 7 nitrogen and oxygen atoms in total. The van der Waals surface area contributed by atoms with Crippen molar-refractivity contribution >= 4 is 17.7 Å². The van der Waals surface area contributed by atoms with Gasteiger partial charge in [0.2, 0.25) is 11.8 Å². The molecule has 0 aromatic heterocycles. The number of likely N-dealkylation sites (tertiary alicyclic amines) is 1. The number of imide groups is 1. The van der Waals surface area contributed by atoms with Gasteiger partial charge in [-0.25, -0.2) is 0 Å². The number of nitrogens with zero attached hydrogens (tertiary/aromatic N) is 2. The molecule has 2 aliphatic carbocycles. The molecule has 6 rings (SSSR count). The largest absolute Gasteiger partial charge is 0.489 e. The number of nitrogens with one attached hydrogen (secondary N) is 1. The van der Waals surface area contributed by atoms with Crippen LogP contribution in [0.2, 0.25) is 0 Å². The Morgan fingerprint density at radius 3 is 2.64 bits per heavy atom. The molecule has 3 heterocycles. The first-order valence-corrected chi connectivity index (χ1v) is 12.7. The summed E-state index contributed by atoms with van der Waals surface area (Å²) in [7, 11) is 0. The van der Waals surface area contributed by atoms with Crippen molar-refractivity contribution in [1.29, 1.82) is 0 Å². The van der Waals surface area contributed by atoms with Gasteiger partial charge >= 0.3 is 0 Å². The maximum atomic E-state index is 12.9. The predicted molar refractivity (Wildman–Crippen MR) is 122 cm³/mol. The summed E-state index contributed by atoms with van der Waals surface area (Å²) in [4.78, 5) is 41.0. The standard InChI is InChI=1S/C26H33N3O4/c30-23-9-8-21(24(31)27-23)29-15-17-14-18(6-7-19(17)25(29)32)33-22-5-1-4-20(22)28-13-3-12-26(16-28)10-2-11-26/h6-7,14,20-22H,1-5,8-13,15-16H2,(H,27,30,31). The van der Waals surface area contributed by atoms with Gasteiger partial charge in [-0.1, -0.05) is 6.42 Å². The highest BCUT2D eigenvalue weighted by Gasteiger charge is 2.45. The molecule has 0 bridgehead atoms. The van der Waals surface area contributed by atoms with Crippen LogP contribution in [0.1, 0.15) is 80.1 Å². The number of piperidine rings is 2. The smallest absolute Gasteiger partial charge is 0.255 e. The average Bonchev–Trinajstić information content (AvgIpc) is 3.37. The Hall–Kier alpha value is -2.41. The molecule has 2 saturated heterocycles. The maximum absolute atomic E-state index is 12.9. The third-order valence-corrected chi connectivity index (χ3v) is 8.77. The molecule has 2 saturated carbocycles. The molecule has 1 N–H and O–H groups in total. The number of benzene rings is 1. The van der Waals surface area contributed by atoms with E-state index < -0.39 is 6.04 Å². The molecule has 3 aliphatic heterocycles. The summed E-state index contributed by atoms with van der Waals surface area (Å²) in [6.45, 7) is 2.81. The molecule has 176 valence electrons. The topological polar surface area (TPSA) is 79.0 Å². The second kappa shape index (κ2) is 8.12. The summed E-state index contributed by atoms with van der Waals surface area (Å²) in [6, 6.07) is 5.64. The quantitative estimate of drug-likeness (QED) is 0.712. The van der Waals surface area contributed by atoms with E-state index in [0.29, 0.717) is 30.0 Å². The third-order valence-electron chi connectivity index (χ3n) is 8.77. The summed E-state index contributed by atoms with van der Waals surface area (Å²) in [6.07, 6.45) is 11.2. The Bertz CT molecular complexity index is 988. The Kier molecular flexibility index (Phi) is 5.20. The summed E-state index contributed by atoms with van der Waals surface area (Å²) in [5, 5.41) is 2.36. The number of fused-ring (bicyclic) bond motifs is 1. The van der Waals surface area contributed by atoms with E-state index in [-0.39, 0.29) is 30.2 Å². The van der Waals surface area contributed by atoms with Crippen molar-refractivity contribution < 1.29 is 19.1 Å². The number of hydrogen-bond donors (Lipinski definition) is 1. The summed E-state index contributed by atoms with van der Waals surface area (Å²) < 4.78 is 6.54. The summed E-state index contributed by atoms with van der Waals surface area (Å²) in [5.74, 6) is 0.0467. The van der Waals surface area contributed by atoms with Crippen molar-refractivity contribution in [2.75, 3.05) is 13.1 Å². The van der Waals surface area contributed by atoms with E-state index in [0.717, 1.165) is 17.7 Å². The molecule has 1 aromatic carbocycles. The molecule has 7 heteroatoms. The first kappa shape index (κ1) is 21.1. The molecule has 3 unspecified atom stereocenters. The van der Waals surface area contributed by atoms with Crippen molar-refractivity contribution in [2.24, 2.45) is 5.41 Å². The second-order valence-electron chi connectivity index (χ2n) is 10.8. The van der Waals surface area contributed by atoms with Crippen LogP contribution in [0.15, 0.2) is 18.2 Å². The van der Waals surface area contributed by atoms with Crippen LogP contribution in [0.4, 0.5) is 0 Å². The third kappa shape index (κ3) is 3.74. The van der Waals surface area contributed by atoms with Crippen LogP contribution in [0.5, 0.6) is 5.75 Å². The van der Waals surface area contributed by atoms with Crippen LogP contribution in [0.3, 0.4) is 0 Å². The minimum absolute atomic E-state index is 0.135. The van der Waals surface area contributed by atoms with Crippen LogP contribution in [-0.2, 0) is 16.1 Å². The maximum Gasteiger partial charge on any atom is 0.255 e. The fourth-order valence-electron chi connectivity index (χ4n) is 6.87. The molecule has 33 heavy (non-hydrogen) atoms. The summed E-state index contributed by atoms with van der Waals surface area (Å²) in [5.41, 5.74) is 2.12. The van der Waals surface area contributed by atoms with Crippen LogP contribution >= 0.6 is 0 Å². The SMILES string of the molecule is O=C1CCC(N2Cc3cc(OC4CCCC4N4CCCC5(CCC5)C4)ccc3C2=O)C(=O)N1. The van der Waals surface area contributed by atoms with E-state index in [1.54, 1.807) is 4.90 Å². The van der Waals surface area contributed by atoms with E-state index in [4.69, 9.17) is 4.74 Å². The fourth-order valence-corrected chi connectivity index (χ4v) is 6.87. The van der Waals surface area contributed by atoms with Crippen molar-refractivity contribution in [3.8, 4) is 5.75 Å². The van der Waals surface area contributed by atoms with E-state index in [1.807, 2.05) is 18.2 Å². The molecule has 3 atom stereocenters. The molecule has 1 aromatic rings. The number of rotatable bonds is 4. The van der Waals surface area contributed by atoms with Crippen LogP contribution in [0.25, 0.3) is 0 Å². The molecule has 0 radical (unpaired) electrons. The molecule has 1 spiro atoms. The fraction of sp³-hybridized carbons (Fsp3) is 0.654. The Labute approximate surface area is 194 Å². The lowest BCUT2D eigenvalue weighted by molar-refractivity contribution is -0.136. The highest BCUT2D eigenvalue weighted by atomic mass is 16.5. The molecular formula is C26H33N3O4. The second-order valence-corrected chi connectivity index (χ2v) is 10.8. The lowest BCUT2D eigenvalue weighted by atomic mass is 9.64. The lowest BCUT2D eigenvalue weighted by Crippen LogP contribution is -2.53. The van der Waals surface area contributed by atoms with Gasteiger partial charge in [-0.3, -0.25) is 24.6 Å². The molecule has 3 amide bonds. The van der Waals surface area contributed by atoms with Crippen LogP contribution < -0.4 is 10.1 Å². The van der Waals surface area contributed by atoms with Crippen LogP contribution in [0, 0.1) is 5.41 Å². The Balaban J connectivity index is 1.14. The normalized spacial score (nSPS) is 31.5. The number of carbonyl (C=O) groups is 3. The zero-order chi connectivity index (χ0) is 22.6. The van der Waals surface area contributed by atoms with E-state index >= 15 is 0 Å². The molecule has 4 fully saturated rings. The number of hydrogen-bond acceptors (Lipinski definition) is 5.